The number of ether oxygens (including phenoxy) is 1. The molecule has 1 aliphatic heterocycles. The van der Waals surface area contributed by atoms with Crippen molar-refractivity contribution in [1.29, 1.82) is 0 Å². The van der Waals surface area contributed by atoms with E-state index in [0.717, 1.165) is 25.5 Å². The van der Waals surface area contributed by atoms with Crippen molar-refractivity contribution in [2.75, 3.05) is 26.8 Å². The van der Waals surface area contributed by atoms with Gasteiger partial charge in [-0.1, -0.05) is 19.8 Å². The van der Waals surface area contributed by atoms with E-state index in [1.807, 2.05) is 0 Å². The molecular formula is C15H29NO2. The molecule has 1 N–H and O–H groups in total. The summed E-state index contributed by atoms with van der Waals surface area (Å²) in [5.41, 5.74) is 0.142. The summed E-state index contributed by atoms with van der Waals surface area (Å²) in [6, 6.07) is 0.535. The molecule has 0 aromatic carbocycles. The highest BCUT2D eigenvalue weighted by atomic mass is 16.5. The van der Waals surface area contributed by atoms with E-state index in [-0.39, 0.29) is 5.41 Å². The number of likely N-dealkylation sites (N-methyl/N-ethyl adjacent to an activating group) is 1. The van der Waals surface area contributed by atoms with Crippen molar-refractivity contribution >= 4 is 0 Å². The predicted molar refractivity (Wildman–Crippen MR) is 73.6 cm³/mol. The van der Waals surface area contributed by atoms with Gasteiger partial charge in [-0.3, -0.25) is 0 Å². The minimum Gasteiger partial charge on any atom is -0.396 e. The van der Waals surface area contributed by atoms with Gasteiger partial charge >= 0.3 is 0 Å². The number of rotatable bonds is 4. The van der Waals surface area contributed by atoms with Gasteiger partial charge in [-0.25, -0.2) is 0 Å². The molecule has 2 aliphatic rings. The molecule has 0 spiro atoms. The van der Waals surface area contributed by atoms with Gasteiger partial charge in [0.05, 0.1) is 6.10 Å². The number of hydrogen-bond acceptors (Lipinski definition) is 3. The summed E-state index contributed by atoms with van der Waals surface area (Å²) in [4.78, 5) is 2.43. The molecule has 2 rings (SSSR count). The van der Waals surface area contributed by atoms with Crippen molar-refractivity contribution < 1.29 is 9.84 Å². The highest BCUT2D eigenvalue weighted by molar-refractivity contribution is 4.90. The van der Waals surface area contributed by atoms with Crippen LogP contribution in [0.5, 0.6) is 0 Å². The normalized spacial score (nSPS) is 41.5. The molecule has 2 fully saturated rings. The van der Waals surface area contributed by atoms with Crippen LogP contribution >= 0.6 is 0 Å². The lowest BCUT2D eigenvalue weighted by Gasteiger charge is -2.42. The van der Waals surface area contributed by atoms with E-state index in [9.17, 15) is 5.11 Å². The first-order valence-electron chi connectivity index (χ1n) is 7.49. The van der Waals surface area contributed by atoms with Gasteiger partial charge in [0.1, 0.15) is 0 Å². The Morgan fingerprint density at radius 2 is 1.89 bits per heavy atom. The average Bonchev–Trinajstić information content (AvgIpc) is 2.79. The Morgan fingerprint density at radius 3 is 2.39 bits per heavy atom. The van der Waals surface area contributed by atoms with Gasteiger partial charge in [0.2, 0.25) is 0 Å². The van der Waals surface area contributed by atoms with E-state index < -0.39 is 0 Å². The molecule has 0 bridgehead atoms. The highest BCUT2D eigenvalue weighted by Gasteiger charge is 2.37. The Labute approximate surface area is 112 Å². The largest absolute Gasteiger partial charge is 0.396 e. The van der Waals surface area contributed by atoms with Crippen LogP contribution in [0.15, 0.2) is 0 Å². The lowest BCUT2D eigenvalue weighted by molar-refractivity contribution is 0.0111. The van der Waals surface area contributed by atoms with Crippen LogP contribution in [-0.2, 0) is 4.74 Å². The number of nitrogens with zero attached hydrogens (tertiary/aromatic N) is 1. The third-order valence-corrected chi connectivity index (χ3v) is 5.16. The maximum Gasteiger partial charge on any atom is 0.0702 e. The summed E-state index contributed by atoms with van der Waals surface area (Å²) in [6.45, 7) is 6.75. The van der Waals surface area contributed by atoms with Crippen LogP contribution in [0.3, 0.4) is 0 Å². The first-order valence-corrected chi connectivity index (χ1v) is 7.49. The number of hydrogen-bond donors (Lipinski definition) is 1. The molecule has 1 heterocycles. The highest BCUT2D eigenvalue weighted by Crippen LogP contribution is 2.39. The molecule has 1 saturated heterocycles. The first kappa shape index (κ1) is 14.3. The summed E-state index contributed by atoms with van der Waals surface area (Å²) in [7, 11) is 2.20. The van der Waals surface area contributed by atoms with Crippen molar-refractivity contribution in [2.24, 2.45) is 11.3 Å². The molecule has 18 heavy (non-hydrogen) atoms. The molecule has 106 valence electrons. The minimum absolute atomic E-state index is 0.142. The molecular weight excluding hydrogens is 226 g/mol. The fourth-order valence-electron chi connectivity index (χ4n) is 3.69. The molecule has 0 radical (unpaired) electrons. The summed E-state index contributed by atoms with van der Waals surface area (Å²) >= 11 is 0. The van der Waals surface area contributed by atoms with Gasteiger partial charge in [0.25, 0.3) is 0 Å². The number of aliphatic hydroxyl groups is 1. The van der Waals surface area contributed by atoms with E-state index in [1.165, 1.54) is 25.7 Å². The molecule has 1 saturated carbocycles. The van der Waals surface area contributed by atoms with Crippen LogP contribution in [0, 0.1) is 11.3 Å². The fraction of sp³-hybridized carbons (Fsp3) is 1.00. The van der Waals surface area contributed by atoms with E-state index in [1.54, 1.807) is 0 Å². The van der Waals surface area contributed by atoms with Crippen LogP contribution in [0.25, 0.3) is 0 Å². The summed E-state index contributed by atoms with van der Waals surface area (Å²) in [6.07, 6.45) is 6.37. The topological polar surface area (TPSA) is 32.7 Å². The number of aliphatic hydroxyl groups excluding tert-OH is 1. The summed E-state index contributed by atoms with van der Waals surface area (Å²) in [5.74, 6) is 0.837. The predicted octanol–water partition coefficient (Wildman–Crippen LogP) is 2.28. The zero-order valence-corrected chi connectivity index (χ0v) is 12.2. The Morgan fingerprint density at radius 1 is 1.22 bits per heavy atom. The van der Waals surface area contributed by atoms with Gasteiger partial charge in [-0.2, -0.15) is 0 Å². The quantitative estimate of drug-likeness (QED) is 0.836. The molecule has 2 atom stereocenters. The van der Waals surface area contributed by atoms with E-state index >= 15 is 0 Å². The van der Waals surface area contributed by atoms with Crippen molar-refractivity contribution in [3.8, 4) is 0 Å². The average molecular weight is 255 g/mol. The third-order valence-electron chi connectivity index (χ3n) is 5.16. The van der Waals surface area contributed by atoms with Gasteiger partial charge < -0.3 is 14.7 Å². The van der Waals surface area contributed by atoms with Crippen LogP contribution in [0.4, 0.5) is 0 Å². The van der Waals surface area contributed by atoms with E-state index in [4.69, 9.17) is 4.74 Å². The molecule has 1 aliphatic carbocycles. The lowest BCUT2D eigenvalue weighted by Crippen LogP contribution is -2.46. The van der Waals surface area contributed by atoms with Gasteiger partial charge in [0.15, 0.2) is 0 Å². The van der Waals surface area contributed by atoms with Crippen LogP contribution < -0.4 is 0 Å². The second-order valence-corrected chi connectivity index (χ2v) is 6.69. The fourth-order valence-corrected chi connectivity index (χ4v) is 3.69. The van der Waals surface area contributed by atoms with Crippen molar-refractivity contribution in [3.63, 3.8) is 0 Å². The SMILES string of the molecule is CC1CCC(CO)(CN(C)C2CCOC2C)CC1. The second kappa shape index (κ2) is 5.89. The molecule has 3 heteroatoms. The second-order valence-electron chi connectivity index (χ2n) is 6.69. The molecule has 2 unspecified atom stereocenters. The zero-order chi connectivity index (χ0) is 13.2. The maximum atomic E-state index is 9.83. The van der Waals surface area contributed by atoms with Crippen molar-refractivity contribution in [1.82, 2.24) is 4.90 Å². The molecule has 3 nitrogen and oxygen atoms in total. The van der Waals surface area contributed by atoms with E-state index in [2.05, 4.69) is 25.8 Å². The summed E-state index contributed by atoms with van der Waals surface area (Å²) < 4.78 is 5.66. The third kappa shape index (κ3) is 3.06. The van der Waals surface area contributed by atoms with Crippen LogP contribution in [0.1, 0.15) is 46.0 Å². The van der Waals surface area contributed by atoms with Gasteiger partial charge in [0, 0.05) is 31.2 Å². The maximum absolute atomic E-state index is 9.83. The van der Waals surface area contributed by atoms with Gasteiger partial charge in [-0.15, -0.1) is 0 Å². The van der Waals surface area contributed by atoms with Gasteiger partial charge in [-0.05, 0) is 39.2 Å². The van der Waals surface area contributed by atoms with Crippen LogP contribution in [-0.4, -0.2) is 49.0 Å². The zero-order valence-electron chi connectivity index (χ0n) is 12.2. The lowest BCUT2D eigenvalue weighted by atomic mass is 9.71. The first-order chi connectivity index (χ1) is 8.56. The summed E-state index contributed by atoms with van der Waals surface area (Å²) in [5, 5.41) is 9.83. The molecule has 0 aromatic heterocycles. The Hall–Kier alpha value is -0.120. The van der Waals surface area contributed by atoms with Crippen molar-refractivity contribution in [3.05, 3.63) is 0 Å². The monoisotopic (exact) mass is 255 g/mol. The molecule has 0 aromatic rings. The standard InChI is InChI=1S/C15H29NO2/c1-12-4-7-15(11-17,8-5-12)10-16(3)14-6-9-18-13(14)2/h12-14,17H,4-11H2,1-3H3. The van der Waals surface area contributed by atoms with Crippen LogP contribution in [0.2, 0.25) is 0 Å². The smallest absolute Gasteiger partial charge is 0.0702 e. The molecule has 0 amide bonds. The Bertz CT molecular complexity index is 261. The minimum atomic E-state index is 0.142. The Kier molecular flexibility index (Phi) is 4.68. The Balaban J connectivity index is 1.93. The van der Waals surface area contributed by atoms with Crippen molar-refractivity contribution in [2.45, 2.75) is 58.1 Å². The van der Waals surface area contributed by atoms with E-state index in [0.29, 0.717) is 18.8 Å².